The van der Waals surface area contributed by atoms with Crippen LogP contribution in [0.25, 0.3) is 27.8 Å². The second kappa shape index (κ2) is 10.3. The van der Waals surface area contributed by atoms with E-state index in [0.717, 1.165) is 21.7 Å². The number of hydrogen-bond acceptors (Lipinski definition) is 8. The number of nitrogen functional groups attached to an aromatic ring is 1. The average Bonchev–Trinajstić information content (AvgIpc) is 3.62. The summed E-state index contributed by atoms with van der Waals surface area (Å²) in [7, 11) is 0. The van der Waals surface area contributed by atoms with Gasteiger partial charge in [0.2, 0.25) is 0 Å². The Kier molecular flexibility index (Phi) is 6.62. The van der Waals surface area contributed by atoms with Gasteiger partial charge >= 0.3 is 5.97 Å². The zero-order chi connectivity index (χ0) is 24.0. The Morgan fingerprint density at radius 1 is 1.11 bits per heavy atom. The second-order valence-electron chi connectivity index (χ2n) is 7.82. The predicted octanol–water partition coefficient (Wildman–Crippen LogP) is 4.03. The largest absolute Gasteiger partial charge is 0.462 e. The molecule has 10 heteroatoms. The molecule has 0 amide bonds. The number of carbonyl (C=O) groups excluding carboxylic acids is 1. The second-order valence-corrected chi connectivity index (χ2v) is 8.76. The van der Waals surface area contributed by atoms with Gasteiger partial charge < -0.3 is 15.0 Å². The average molecular weight is 486 g/mol. The molecule has 5 rings (SSSR count). The Bertz CT molecular complexity index is 1460. The standard InChI is InChI=1S/C25H23N7O2S/c26-24-23-25(28-16-27-24)31(17-29-23)11-5-12-34-21(33)10-9-19-15-32(14-18-6-2-1-3-7-18)30-22(19)20-8-4-13-35-20/h1-4,6-10,13,15-17H,5,11-12,14H2,(H2,26,27,28)/b10-9+. The van der Waals surface area contributed by atoms with Crippen molar-refractivity contribution in [2.24, 2.45) is 0 Å². The number of anilines is 1. The molecule has 5 aromatic rings. The maximum atomic E-state index is 12.3. The molecule has 0 radical (unpaired) electrons. The van der Waals surface area contributed by atoms with E-state index in [0.29, 0.717) is 36.5 Å². The fraction of sp³-hybridized carbons (Fsp3) is 0.160. The van der Waals surface area contributed by atoms with E-state index in [9.17, 15) is 4.79 Å². The molecule has 176 valence electrons. The highest BCUT2D eigenvalue weighted by Gasteiger charge is 2.12. The third kappa shape index (κ3) is 5.28. The minimum atomic E-state index is -0.403. The highest BCUT2D eigenvalue weighted by atomic mass is 32.1. The molecular weight excluding hydrogens is 462 g/mol. The van der Waals surface area contributed by atoms with Gasteiger partial charge in [-0.25, -0.2) is 19.7 Å². The molecule has 0 aliphatic heterocycles. The lowest BCUT2D eigenvalue weighted by atomic mass is 10.2. The molecule has 2 N–H and O–H groups in total. The Balaban J connectivity index is 1.20. The first kappa shape index (κ1) is 22.5. The number of imidazole rings is 1. The molecule has 1 aromatic carbocycles. The van der Waals surface area contributed by atoms with E-state index in [1.807, 2.05) is 51.2 Å². The van der Waals surface area contributed by atoms with Crippen molar-refractivity contribution in [2.75, 3.05) is 12.3 Å². The maximum Gasteiger partial charge on any atom is 0.330 e. The van der Waals surface area contributed by atoms with Gasteiger partial charge in [-0.1, -0.05) is 36.4 Å². The smallest absolute Gasteiger partial charge is 0.330 e. The Morgan fingerprint density at radius 2 is 2.00 bits per heavy atom. The van der Waals surface area contributed by atoms with Gasteiger partial charge in [0.25, 0.3) is 0 Å². The molecule has 4 aromatic heterocycles. The number of esters is 1. The van der Waals surface area contributed by atoms with Crippen LogP contribution in [0.15, 0.2) is 72.8 Å². The van der Waals surface area contributed by atoms with Gasteiger partial charge in [-0.05, 0) is 29.5 Å². The van der Waals surface area contributed by atoms with E-state index in [4.69, 9.17) is 15.6 Å². The van der Waals surface area contributed by atoms with Crippen LogP contribution in [0.3, 0.4) is 0 Å². The van der Waals surface area contributed by atoms with Gasteiger partial charge in [0.15, 0.2) is 11.5 Å². The number of ether oxygens (including phenoxy) is 1. The summed E-state index contributed by atoms with van der Waals surface area (Å²) in [4.78, 5) is 25.8. The summed E-state index contributed by atoms with van der Waals surface area (Å²) < 4.78 is 9.15. The van der Waals surface area contributed by atoms with Gasteiger partial charge in [-0.15, -0.1) is 11.3 Å². The minimum absolute atomic E-state index is 0.272. The van der Waals surface area contributed by atoms with E-state index in [1.165, 1.54) is 12.4 Å². The summed E-state index contributed by atoms with van der Waals surface area (Å²) >= 11 is 1.61. The lowest BCUT2D eigenvalue weighted by molar-refractivity contribution is -0.137. The molecule has 9 nitrogen and oxygen atoms in total. The first-order valence-electron chi connectivity index (χ1n) is 11.1. The minimum Gasteiger partial charge on any atom is -0.462 e. The van der Waals surface area contributed by atoms with Gasteiger partial charge in [-0.3, -0.25) is 4.68 Å². The summed E-state index contributed by atoms with van der Waals surface area (Å²) in [6, 6.07) is 14.1. The SMILES string of the molecule is Nc1ncnc2c1ncn2CCCOC(=O)/C=C/c1cn(Cc2ccccc2)nc1-c1cccs1. The molecular formula is C25H23N7O2S. The van der Waals surface area contributed by atoms with Gasteiger partial charge in [-0.2, -0.15) is 5.10 Å². The van der Waals surface area contributed by atoms with Gasteiger partial charge in [0.1, 0.15) is 17.5 Å². The van der Waals surface area contributed by atoms with Crippen LogP contribution in [-0.4, -0.2) is 41.9 Å². The number of rotatable bonds is 9. The monoisotopic (exact) mass is 485 g/mol. The van der Waals surface area contributed by atoms with Crippen LogP contribution < -0.4 is 5.73 Å². The number of benzene rings is 1. The van der Waals surface area contributed by atoms with Crippen LogP contribution in [0.2, 0.25) is 0 Å². The highest BCUT2D eigenvalue weighted by molar-refractivity contribution is 7.13. The van der Waals surface area contributed by atoms with Crippen molar-refractivity contribution in [2.45, 2.75) is 19.5 Å². The Labute approximate surface area is 205 Å². The van der Waals surface area contributed by atoms with Crippen LogP contribution in [0.1, 0.15) is 17.5 Å². The molecule has 0 saturated heterocycles. The summed E-state index contributed by atoms with van der Waals surface area (Å²) in [6.07, 6.45) is 8.84. The number of nitrogens with zero attached hydrogens (tertiary/aromatic N) is 6. The fourth-order valence-electron chi connectivity index (χ4n) is 3.69. The summed E-state index contributed by atoms with van der Waals surface area (Å²) in [5, 5.41) is 6.77. The number of nitrogens with two attached hydrogens (primary N) is 1. The number of thiophene rings is 1. The summed E-state index contributed by atoms with van der Waals surface area (Å²) in [5.74, 6) is -0.0562. The van der Waals surface area contributed by atoms with E-state index in [1.54, 1.807) is 23.7 Å². The molecule has 0 spiro atoms. The Morgan fingerprint density at radius 3 is 2.83 bits per heavy atom. The predicted molar refractivity (Wildman–Crippen MR) is 135 cm³/mol. The molecule has 35 heavy (non-hydrogen) atoms. The number of fused-ring (bicyclic) bond motifs is 1. The third-order valence-electron chi connectivity index (χ3n) is 5.35. The summed E-state index contributed by atoms with van der Waals surface area (Å²) in [6.45, 7) is 1.52. The lowest BCUT2D eigenvalue weighted by Gasteiger charge is -2.04. The third-order valence-corrected chi connectivity index (χ3v) is 6.22. The van der Waals surface area contributed by atoms with Crippen LogP contribution in [0.5, 0.6) is 0 Å². The van der Waals surface area contributed by atoms with E-state index >= 15 is 0 Å². The number of hydrogen-bond donors (Lipinski definition) is 1. The van der Waals surface area contributed by atoms with E-state index in [-0.39, 0.29) is 6.61 Å². The Hall–Kier alpha value is -4.31. The summed E-state index contributed by atoms with van der Waals surface area (Å²) in [5.41, 5.74) is 9.91. The number of carbonyl (C=O) groups is 1. The first-order valence-corrected chi connectivity index (χ1v) is 12.0. The van der Waals surface area contributed by atoms with Crippen molar-refractivity contribution in [1.29, 1.82) is 0 Å². The molecule has 0 unspecified atom stereocenters. The van der Waals surface area contributed by atoms with Crippen LogP contribution in [0.4, 0.5) is 5.82 Å². The van der Waals surface area contributed by atoms with Crippen LogP contribution >= 0.6 is 11.3 Å². The molecule has 0 bridgehead atoms. The highest BCUT2D eigenvalue weighted by Crippen LogP contribution is 2.28. The van der Waals surface area contributed by atoms with E-state index < -0.39 is 5.97 Å². The normalized spacial score (nSPS) is 11.4. The molecule has 0 atom stereocenters. The molecule has 4 heterocycles. The van der Waals surface area contributed by atoms with Crippen molar-refractivity contribution < 1.29 is 9.53 Å². The number of aromatic nitrogens is 6. The van der Waals surface area contributed by atoms with Crippen molar-refractivity contribution >= 4 is 40.4 Å². The van der Waals surface area contributed by atoms with Gasteiger partial charge in [0.05, 0.1) is 24.4 Å². The van der Waals surface area contributed by atoms with Crippen molar-refractivity contribution in [1.82, 2.24) is 29.3 Å². The topological polar surface area (TPSA) is 114 Å². The van der Waals surface area contributed by atoms with Crippen LogP contribution in [-0.2, 0) is 22.6 Å². The fourth-order valence-corrected chi connectivity index (χ4v) is 4.42. The van der Waals surface area contributed by atoms with Crippen molar-refractivity contribution in [3.8, 4) is 10.6 Å². The molecule has 0 fully saturated rings. The molecule has 0 aliphatic rings. The lowest BCUT2D eigenvalue weighted by Crippen LogP contribution is -2.06. The van der Waals surface area contributed by atoms with E-state index in [2.05, 4.69) is 27.1 Å². The quantitative estimate of drug-likeness (QED) is 0.190. The number of aryl methyl sites for hydroxylation is 1. The van der Waals surface area contributed by atoms with Crippen molar-refractivity contribution in [3.05, 3.63) is 83.9 Å². The zero-order valence-corrected chi connectivity index (χ0v) is 19.6. The molecule has 0 aliphatic carbocycles. The zero-order valence-electron chi connectivity index (χ0n) is 18.8. The maximum absolute atomic E-state index is 12.3. The van der Waals surface area contributed by atoms with Gasteiger partial charge in [0, 0.05) is 24.4 Å². The first-order chi connectivity index (χ1) is 17.2. The molecule has 0 saturated carbocycles. The van der Waals surface area contributed by atoms with Crippen molar-refractivity contribution in [3.63, 3.8) is 0 Å². The van der Waals surface area contributed by atoms with Crippen LogP contribution in [0, 0.1) is 0 Å².